The van der Waals surface area contributed by atoms with Gasteiger partial charge in [-0.15, -0.1) is 0 Å². The average molecular weight is 467 g/mol. The Hall–Kier alpha value is -2.14. The van der Waals surface area contributed by atoms with Crippen LogP contribution >= 0.6 is 22.6 Å². The summed E-state index contributed by atoms with van der Waals surface area (Å²) in [6.07, 6.45) is 3.75. The van der Waals surface area contributed by atoms with Crippen molar-refractivity contribution in [1.29, 1.82) is 0 Å². The molecule has 1 aliphatic heterocycles. The number of nitrogens with zero attached hydrogens (tertiary/aromatic N) is 4. The van der Waals surface area contributed by atoms with Gasteiger partial charge >= 0.3 is 0 Å². The van der Waals surface area contributed by atoms with Gasteiger partial charge in [0.25, 0.3) is 0 Å². The van der Waals surface area contributed by atoms with Gasteiger partial charge in [0.1, 0.15) is 17.7 Å². The first-order valence-corrected chi connectivity index (χ1v) is 9.28. The highest BCUT2D eigenvalue weighted by Gasteiger charge is 2.22. The Bertz CT molecular complexity index is 940. The molecule has 9 heteroatoms. The third-order valence-electron chi connectivity index (χ3n) is 4.27. The molecule has 2 aromatic heterocycles. The molecule has 26 heavy (non-hydrogen) atoms. The lowest BCUT2D eigenvalue weighted by atomic mass is 10.2. The van der Waals surface area contributed by atoms with Crippen LogP contribution in [0.2, 0.25) is 0 Å². The normalized spacial score (nSPS) is 16.8. The van der Waals surface area contributed by atoms with Crippen LogP contribution in [0.3, 0.4) is 0 Å². The van der Waals surface area contributed by atoms with E-state index in [2.05, 4.69) is 42.9 Å². The third kappa shape index (κ3) is 3.16. The molecule has 0 spiro atoms. The highest BCUT2D eigenvalue weighted by Crippen LogP contribution is 2.34. The summed E-state index contributed by atoms with van der Waals surface area (Å²) >= 11 is 2.11. The number of benzene rings is 1. The standard InChI is InChI=1S/C17H18IN5O3/c1-24-10-5-6-11(12(8-10)25-2)20-15-14-16(22-17(18)21-15)23(9-19-14)13-4-3-7-26-13/h5-6,8-9,13H,3-4,7H2,1-2H3,(H,20,21,22). The summed E-state index contributed by atoms with van der Waals surface area (Å²) in [5.74, 6) is 2.00. The molecule has 0 radical (unpaired) electrons. The molecule has 1 aliphatic rings. The van der Waals surface area contributed by atoms with Gasteiger partial charge in [0.15, 0.2) is 20.8 Å². The van der Waals surface area contributed by atoms with E-state index in [1.807, 2.05) is 22.8 Å². The third-order valence-corrected chi connectivity index (χ3v) is 4.75. The molecule has 3 heterocycles. The van der Waals surface area contributed by atoms with E-state index in [0.717, 1.165) is 36.5 Å². The summed E-state index contributed by atoms with van der Waals surface area (Å²) < 4.78 is 19.1. The molecule has 0 amide bonds. The fraction of sp³-hybridized carbons (Fsp3) is 0.353. The maximum atomic E-state index is 5.77. The van der Waals surface area contributed by atoms with Gasteiger partial charge in [-0.05, 0) is 25.0 Å². The Balaban J connectivity index is 1.75. The lowest BCUT2D eigenvalue weighted by Gasteiger charge is -2.14. The maximum absolute atomic E-state index is 5.77. The van der Waals surface area contributed by atoms with Crippen LogP contribution in [0, 0.1) is 3.83 Å². The topological polar surface area (TPSA) is 83.3 Å². The Morgan fingerprint density at radius 2 is 2.15 bits per heavy atom. The van der Waals surface area contributed by atoms with Crippen LogP contribution in [0.15, 0.2) is 24.5 Å². The van der Waals surface area contributed by atoms with Crippen LogP contribution in [-0.4, -0.2) is 40.3 Å². The number of aromatic nitrogens is 4. The van der Waals surface area contributed by atoms with Crippen molar-refractivity contribution in [2.75, 3.05) is 26.1 Å². The number of rotatable bonds is 5. The summed E-state index contributed by atoms with van der Waals surface area (Å²) in [5.41, 5.74) is 2.22. The summed E-state index contributed by atoms with van der Waals surface area (Å²) in [5, 5.41) is 3.31. The summed E-state index contributed by atoms with van der Waals surface area (Å²) in [6, 6.07) is 5.56. The number of hydrogen-bond donors (Lipinski definition) is 1. The zero-order valence-electron chi connectivity index (χ0n) is 14.4. The second kappa shape index (κ2) is 7.23. The van der Waals surface area contributed by atoms with Crippen LogP contribution < -0.4 is 14.8 Å². The molecular formula is C17H18IN5O3. The minimum absolute atomic E-state index is 0.0194. The molecule has 1 N–H and O–H groups in total. The van der Waals surface area contributed by atoms with E-state index in [0.29, 0.717) is 20.9 Å². The molecule has 136 valence electrons. The molecular weight excluding hydrogens is 449 g/mol. The summed E-state index contributed by atoms with van der Waals surface area (Å²) in [4.78, 5) is 13.6. The lowest BCUT2D eigenvalue weighted by Crippen LogP contribution is -2.08. The van der Waals surface area contributed by atoms with Gasteiger partial charge in [-0.25, -0.2) is 15.0 Å². The molecule has 1 saturated heterocycles. The van der Waals surface area contributed by atoms with Gasteiger partial charge < -0.3 is 19.5 Å². The molecule has 1 atom stereocenters. The number of halogens is 1. The average Bonchev–Trinajstić information content (AvgIpc) is 3.31. The van der Waals surface area contributed by atoms with Crippen molar-refractivity contribution in [3.05, 3.63) is 28.4 Å². The minimum Gasteiger partial charge on any atom is -0.497 e. The molecule has 1 aromatic carbocycles. The number of anilines is 2. The maximum Gasteiger partial charge on any atom is 0.194 e. The van der Waals surface area contributed by atoms with Crippen molar-refractivity contribution in [2.24, 2.45) is 0 Å². The van der Waals surface area contributed by atoms with Gasteiger partial charge in [-0.2, -0.15) is 0 Å². The molecule has 8 nitrogen and oxygen atoms in total. The summed E-state index contributed by atoms with van der Waals surface area (Å²) in [6.45, 7) is 0.765. The quantitative estimate of drug-likeness (QED) is 0.454. The zero-order chi connectivity index (χ0) is 18.1. The predicted octanol–water partition coefficient (Wildman–Crippen LogP) is 3.50. The van der Waals surface area contributed by atoms with E-state index in [9.17, 15) is 0 Å². The number of hydrogen-bond acceptors (Lipinski definition) is 7. The fourth-order valence-corrected chi connectivity index (χ4v) is 3.47. The van der Waals surface area contributed by atoms with E-state index in [1.54, 1.807) is 20.5 Å². The number of nitrogens with one attached hydrogen (secondary N) is 1. The Morgan fingerprint density at radius 3 is 2.88 bits per heavy atom. The molecule has 1 fully saturated rings. The molecule has 3 aromatic rings. The van der Waals surface area contributed by atoms with Crippen LogP contribution in [0.25, 0.3) is 11.2 Å². The second-order valence-electron chi connectivity index (χ2n) is 5.82. The van der Waals surface area contributed by atoms with Crippen molar-refractivity contribution >= 4 is 45.3 Å². The van der Waals surface area contributed by atoms with E-state index in [1.165, 1.54) is 0 Å². The van der Waals surface area contributed by atoms with Crippen molar-refractivity contribution < 1.29 is 14.2 Å². The van der Waals surface area contributed by atoms with Gasteiger partial charge in [-0.1, -0.05) is 0 Å². The lowest BCUT2D eigenvalue weighted by molar-refractivity contribution is 0.0592. The van der Waals surface area contributed by atoms with E-state index in [-0.39, 0.29) is 6.23 Å². The monoisotopic (exact) mass is 467 g/mol. The van der Waals surface area contributed by atoms with Gasteiger partial charge in [0.2, 0.25) is 0 Å². The Morgan fingerprint density at radius 1 is 1.27 bits per heavy atom. The van der Waals surface area contributed by atoms with E-state index >= 15 is 0 Å². The van der Waals surface area contributed by atoms with Gasteiger partial charge in [0.05, 0.1) is 26.2 Å². The van der Waals surface area contributed by atoms with Crippen LogP contribution in [0.5, 0.6) is 11.5 Å². The van der Waals surface area contributed by atoms with Crippen LogP contribution in [-0.2, 0) is 4.74 Å². The first kappa shape index (κ1) is 17.3. The van der Waals surface area contributed by atoms with Crippen LogP contribution in [0.1, 0.15) is 19.1 Å². The first-order chi connectivity index (χ1) is 12.7. The van der Waals surface area contributed by atoms with Crippen molar-refractivity contribution in [3.8, 4) is 11.5 Å². The SMILES string of the molecule is COc1ccc(Nc2nc(I)nc3c2ncn3C2CCCO2)c(OC)c1. The molecule has 0 bridgehead atoms. The van der Waals surface area contributed by atoms with Crippen molar-refractivity contribution in [1.82, 2.24) is 19.5 Å². The highest BCUT2D eigenvalue weighted by atomic mass is 127. The molecule has 0 aliphatic carbocycles. The largest absolute Gasteiger partial charge is 0.497 e. The van der Waals surface area contributed by atoms with Gasteiger partial charge in [-0.3, -0.25) is 4.57 Å². The minimum atomic E-state index is -0.0194. The molecule has 1 unspecified atom stereocenters. The Kier molecular flexibility index (Phi) is 4.81. The van der Waals surface area contributed by atoms with Gasteiger partial charge in [0, 0.05) is 35.3 Å². The van der Waals surface area contributed by atoms with Crippen molar-refractivity contribution in [3.63, 3.8) is 0 Å². The first-order valence-electron chi connectivity index (χ1n) is 8.20. The highest BCUT2D eigenvalue weighted by molar-refractivity contribution is 14.1. The molecule has 4 rings (SSSR count). The van der Waals surface area contributed by atoms with E-state index in [4.69, 9.17) is 14.2 Å². The fourth-order valence-electron chi connectivity index (χ4n) is 3.00. The summed E-state index contributed by atoms with van der Waals surface area (Å²) in [7, 11) is 3.24. The number of imidazole rings is 1. The number of methoxy groups -OCH3 is 2. The van der Waals surface area contributed by atoms with Crippen LogP contribution in [0.4, 0.5) is 11.5 Å². The van der Waals surface area contributed by atoms with E-state index < -0.39 is 0 Å². The predicted molar refractivity (Wildman–Crippen MR) is 105 cm³/mol. The van der Waals surface area contributed by atoms with Crippen molar-refractivity contribution in [2.45, 2.75) is 19.1 Å². The number of fused-ring (bicyclic) bond motifs is 1. The smallest absolute Gasteiger partial charge is 0.194 e. The Labute approximate surface area is 164 Å². The second-order valence-corrected chi connectivity index (χ2v) is 6.79. The zero-order valence-corrected chi connectivity index (χ0v) is 16.6. The molecule has 0 saturated carbocycles. The number of ether oxygens (including phenoxy) is 3.